The van der Waals surface area contributed by atoms with Crippen LogP contribution >= 0.6 is 0 Å². The van der Waals surface area contributed by atoms with E-state index >= 15 is 0 Å². The first-order chi connectivity index (χ1) is 20.4. The molecule has 2 unspecified atom stereocenters. The fourth-order valence-corrected chi connectivity index (χ4v) is 8.45. The van der Waals surface area contributed by atoms with Gasteiger partial charge in [0.1, 0.15) is 5.75 Å². The summed E-state index contributed by atoms with van der Waals surface area (Å²) in [6.07, 6.45) is -3.10. The van der Waals surface area contributed by atoms with Crippen molar-refractivity contribution < 1.29 is 47.4 Å². The van der Waals surface area contributed by atoms with Gasteiger partial charge in [0.05, 0.1) is 23.1 Å². The summed E-state index contributed by atoms with van der Waals surface area (Å²) in [5.41, 5.74) is 0.0405. The SMILES string of the molecule is CCC1(CC)CCN(Cc2cc(O)c3c(c2C(F)(F)F)C[C@H]2C[C@H]4[C@H](N(C)C)C(=O)C(C(N)=O)C(=O)[C@@]4(O)C(=O)C2C3=O)C1. The van der Waals surface area contributed by atoms with Crippen molar-refractivity contribution in [2.75, 3.05) is 27.2 Å². The monoisotopic (exact) mass is 621 g/mol. The molecule has 13 heteroatoms. The zero-order valence-electron chi connectivity index (χ0n) is 25.2. The standard InChI is InChI=1S/C31H38F3N3O7/c1-5-29(6-2)7-8-37(13-29)12-15-11-18(38)20-16(22(15)31(32,33)34)9-14-10-17-23(36(3)4)25(40)21(28(35)43)27(42)30(17,44)26(41)19(14)24(20)39/h11,14,17,19,21,23,38,44H,5-10,12-13H2,1-4H3,(H2,35,43)/t14-,17-,19?,21?,23-,30-/m0/s1. The molecule has 4 aliphatic rings. The van der Waals surface area contributed by atoms with Gasteiger partial charge in [0.15, 0.2) is 34.7 Å². The highest BCUT2D eigenvalue weighted by molar-refractivity contribution is 6.32. The van der Waals surface area contributed by atoms with Gasteiger partial charge >= 0.3 is 6.18 Å². The van der Waals surface area contributed by atoms with Gasteiger partial charge in [-0.1, -0.05) is 13.8 Å². The molecule has 10 nitrogen and oxygen atoms in total. The largest absolute Gasteiger partial charge is 0.507 e. The van der Waals surface area contributed by atoms with Crippen molar-refractivity contribution in [1.82, 2.24) is 9.80 Å². The van der Waals surface area contributed by atoms with Gasteiger partial charge in [0.25, 0.3) is 0 Å². The van der Waals surface area contributed by atoms with E-state index in [0.29, 0.717) is 13.1 Å². The van der Waals surface area contributed by atoms with Crippen molar-refractivity contribution in [3.63, 3.8) is 0 Å². The lowest BCUT2D eigenvalue weighted by Gasteiger charge is -2.52. The number of Topliss-reactive ketones (excluding diaryl/α,β-unsaturated/α-hetero) is 4. The van der Waals surface area contributed by atoms with Crippen LogP contribution in [0.5, 0.6) is 5.75 Å². The third-order valence-corrected chi connectivity index (χ3v) is 10.8. The first kappa shape index (κ1) is 32.2. The van der Waals surface area contributed by atoms with Crippen LogP contribution < -0.4 is 5.73 Å². The number of nitrogens with two attached hydrogens (primary N) is 1. The number of aliphatic hydroxyl groups is 1. The molecule has 1 saturated heterocycles. The van der Waals surface area contributed by atoms with Gasteiger partial charge in [-0.15, -0.1) is 0 Å². The molecule has 0 spiro atoms. The fraction of sp³-hybridized carbons (Fsp3) is 0.645. The van der Waals surface area contributed by atoms with E-state index in [0.717, 1.165) is 25.3 Å². The molecule has 1 aliphatic heterocycles. The molecule has 4 N–H and O–H groups in total. The molecule has 0 radical (unpaired) electrons. The van der Waals surface area contributed by atoms with E-state index in [9.17, 15) is 47.4 Å². The predicted octanol–water partition coefficient (Wildman–Crippen LogP) is 1.90. The topological polar surface area (TPSA) is 158 Å². The summed E-state index contributed by atoms with van der Waals surface area (Å²) in [4.78, 5) is 69.7. The Morgan fingerprint density at radius 3 is 2.30 bits per heavy atom. The van der Waals surface area contributed by atoms with Gasteiger partial charge in [0.2, 0.25) is 5.91 Å². The zero-order valence-corrected chi connectivity index (χ0v) is 25.2. The molecule has 3 fully saturated rings. The molecule has 44 heavy (non-hydrogen) atoms. The summed E-state index contributed by atoms with van der Waals surface area (Å²) in [7, 11) is 2.87. The van der Waals surface area contributed by atoms with Crippen LogP contribution in [0, 0.1) is 29.1 Å². The number of benzene rings is 1. The van der Waals surface area contributed by atoms with E-state index < -0.39 is 99.4 Å². The molecule has 3 aliphatic carbocycles. The van der Waals surface area contributed by atoms with Gasteiger partial charge < -0.3 is 15.9 Å². The fourth-order valence-electron chi connectivity index (χ4n) is 8.45. The Labute approximate surface area is 252 Å². The lowest BCUT2D eigenvalue weighted by atomic mass is 9.52. The van der Waals surface area contributed by atoms with E-state index in [1.807, 2.05) is 4.90 Å². The molecule has 1 aromatic rings. The zero-order chi connectivity index (χ0) is 32.7. The van der Waals surface area contributed by atoms with E-state index in [1.165, 1.54) is 19.0 Å². The molecule has 6 atom stereocenters. The second kappa shape index (κ2) is 10.7. The van der Waals surface area contributed by atoms with Crippen LogP contribution in [0.15, 0.2) is 6.07 Å². The average Bonchev–Trinajstić information content (AvgIpc) is 3.32. The van der Waals surface area contributed by atoms with Crippen molar-refractivity contribution >= 4 is 29.0 Å². The highest BCUT2D eigenvalue weighted by atomic mass is 19.4. The molecule has 1 heterocycles. The lowest BCUT2D eigenvalue weighted by molar-refractivity contribution is -0.181. The number of primary amides is 1. The third-order valence-electron chi connectivity index (χ3n) is 10.8. The number of hydrogen-bond donors (Lipinski definition) is 3. The number of fused-ring (bicyclic) bond motifs is 3. The third kappa shape index (κ3) is 4.61. The van der Waals surface area contributed by atoms with Crippen LogP contribution in [0.1, 0.15) is 66.6 Å². The van der Waals surface area contributed by atoms with E-state index in [1.54, 1.807) is 0 Å². The molecule has 5 rings (SSSR count). The second-order valence-electron chi connectivity index (χ2n) is 13.2. The number of aromatic hydroxyl groups is 1. The predicted molar refractivity (Wildman–Crippen MR) is 149 cm³/mol. The van der Waals surface area contributed by atoms with Crippen LogP contribution in [0.2, 0.25) is 0 Å². The normalized spacial score (nSPS) is 32.1. The van der Waals surface area contributed by atoms with Crippen molar-refractivity contribution in [2.24, 2.45) is 34.8 Å². The van der Waals surface area contributed by atoms with Crippen molar-refractivity contribution in [2.45, 2.75) is 70.3 Å². The maximum absolute atomic E-state index is 14.8. The number of hydrogen-bond acceptors (Lipinski definition) is 9. The average molecular weight is 622 g/mol. The Morgan fingerprint density at radius 2 is 1.77 bits per heavy atom. The lowest BCUT2D eigenvalue weighted by Crippen LogP contribution is -2.74. The number of rotatable bonds is 6. The van der Waals surface area contributed by atoms with E-state index in [-0.39, 0.29) is 23.9 Å². The summed E-state index contributed by atoms with van der Waals surface area (Å²) in [6, 6.07) is -0.413. The molecule has 1 aromatic carbocycles. The smallest absolute Gasteiger partial charge is 0.417 e. The Balaban J connectivity index is 1.61. The number of phenols is 1. The molecular formula is C31H38F3N3O7. The van der Waals surface area contributed by atoms with Crippen molar-refractivity contribution in [3.05, 3.63) is 28.3 Å². The van der Waals surface area contributed by atoms with Crippen molar-refractivity contribution in [3.8, 4) is 5.75 Å². The summed E-state index contributed by atoms with van der Waals surface area (Å²) in [5.74, 6) is -13.3. The Hall–Kier alpha value is -3.16. The Morgan fingerprint density at radius 1 is 1.14 bits per heavy atom. The summed E-state index contributed by atoms with van der Waals surface area (Å²) in [6.45, 7) is 5.18. The van der Waals surface area contributed by atoms with E-state index in [2.05, 4.69) is 13.8 Å². The highest BCUT2D eigenvalue weighted by Gasteiger charge is 2.69. The Bertz CT molecular complexity index is 1450. The minimum Gasteiger partial charge on any atom is -0.507 e. The molecule has 2 saturated carbocycles. The number of carbonyl (C=O) groups is 5. The van der Waals surface area contributed by atoms with Crippen LogP contribution in [0.3, 0.4) is 0 Å². The summed E-state index contributed by atoms with van der Waals surface area (Å²) < 4.78 is 44.4. The quantitative estimate of drug-likeness (QED) is 0.404. The van der Waals surface area contributed by atoms with Gasteiger partial charge in [-0.05, 0) is 81.3 Å². The minimum absolute atomic E-state index is 0.0115. The van der Waals surface area contributed by atoms with Crippen LogP contribution in [0.25, 0.3) is 0 Å². The molecule has 240 valence electrons. The number of alkyl halides is 3. The molecule has 1 amide bonds. The number of likely N-dealkylation sites (N-methyl/N-ethyl adjacent to an activating group) is 1. The number of ketones is 4. The number of likely N-dealkylation sites (tertiary alicyclic amines) is 1. The summed E-state index contributed by atoms with van der Waals surface area (Å²) in [5, 5.41) is 22.6. The Kier molecular flexibility index (Phi) is 7.86. The van der Waals surface area contributed by atoms with Crippen LogP contribution in [-0.2, 0) is 38.3 Å². The number of phenolic OH excluding ortho intramolecular Hbond substituents is 1. The summed E-state index contributed by atoms with van der Waals surface area (Å²) >= 11 is 0. The molecule has 0 bridgehead atoms. The second-order valence-corrected chi connectivity index (χ2v) is 13.2. The van der Waals surface area contributed by atoms with Crippen molar-refractivity contribution in [1.29, 1.82) is 0 Å². The molecule has 0 aromatic heterocycles. The minimum atomic E-state index is -4.90. The van der Waals surface area contributed by atoms with Gasteiger partial charge in [-0.3, -0.25) is 33.8 Å². The number of halogens is 3. The van der Waals surface area contributed by atoms with Gasteiger partial charge in [0, 0.05) is 19.0 Å². The van der Waals surface area contributed by atoms with Gasteiger partial charge in [-0.25, -0.2) is 0 Å². The first-order valence-corrected chi connectivity index (χ1v) is 14.9. The first-order valence-electron chi connectivity index (χ1n) is 14.9. The number of amides is 1. The highest BCUT2D eigenvalue weighted by Crippen LogP contribution is 2.53. The maximum Gasteiger partial charge on any atom is 0.417 e. The van der Waals surface area contributed by atoms with E-state index in [4.69, 9.17) is 5.73 Å². The van der Waals surface area contributed by atoms with Crippen LogP contribution in [0.4, 0.5) is 13.2 Å². The number of carbonyl (C=O) groups excluding carboxylic acids is 5. The number of nitrogens with zero attached hydrogens (tertiary/aromatic N) is 2. The maximum atomic E-state index is 14.8. The molecular weight excluding hydrogens is 583 g/mol. The van der Waals surface area contributed by atoms with Crippen LogP contribution in [-0.4, -0.2) is 87.9 Å². The van der Waals surface area contributed by atoms with Gasteiger partial charge in [-0.2, -0.15) is 13.2 Å².